The van der Waals surface area contributed by atoms with Crippen molar-refractivity contribution in [3.05, 3.63) is 47.2 Å². The second kappa shape index (κ2) is 9.37. The standard InChI is InChI=1S/C17H27OSi2.2ClH.Ti/c1-15-11-9-10-14-17(15,18-19(2,3)4)20(5,6)16-12-7-8-13-16;;;/h7,9-12H,8,14H2,1-6H3;2*1H;/q-1;;;+3/p-2. The van der Waals surface area contributed by atoms with Crippen molar-refractivity contribution in [2.24, 2.45) is 0 Å². The fourth-order valence-electron chi connectivity index (χ4n) is 3.31. The van der Waals surface area contributed by atoms with Crippen LogP contribution in [0.15, 0.2) is 41.1 Å². The van der Waals surface area contributed by atoms with E-state index in [2.05, 4.69) is 76.1 Å². The zero-order valence-electron chi connectivity index (χ0n) is 15.0. The van der Waals surface area contributed by atoms with E-state index >= 15 is 0 Å². The van der Waals surface area contributed by atoms with Crippen LogP contribution in [0.3, 0.4) is 0 Å². The third-order valence-electron chi connectivity index (χ3n) is 4.38. The van der Waals surface area contributed by atoms with E-state index in [-0.39, 0.29) is 51.8 Å². The minimum atomic E-state index is -1.78. The minimum Gasteiger partial charge on any atom is -1.00 e. The summed E-state index contributed by atoms with van der Waals surface area (Å²) in [6.07, 6.45) is 16.8. The van der Waals surface area contributed by atoms with Crippen LogP contribution in [0.5, 0.6) is 0 Å². The normalized spacial score (nSPS) is 23.2. The fraction of sp³-hybridized carbons (Fsp3) is 0.529. The molecule has 1 radical (unpaired) electrons. The van der Waals surface area contributed by atoms with Crippen molar-refractivity contribution >= 4 is 16.4 Å². The van der Waals surface area contributed by atoms with Gasteiger partial charge in [-0.2, -0.15) is 6.08 Å². The van der Waals surface area contributed by atoms with E-state index < -0.39 is 16.4 Å². The van der Waals surface area contributed by atoms with Crippen LogP contribution in [-0.2, 0) is 26.1 Å². The van der Waals surface area contributed by atoms with Gasteiger partial charge in [0.05, 0.1) is 13.3 Å². The van der Waals surface area contributed by atoms with Gasteiger partial charge < -0.3 is 29.2 Å². The van der Waals surface area contributed by atoms with Crippen molar-refractivity contribution in [3.63, 3.8) is 0 Å². The molecular weight excluding hydrogens is 395 g/mol. The van der Waals surface area contributed by atoms with Crippen molar-refractivity contribution < 1.29 is 51.0 Å². The molecule has 0 aromatic heterocycles. The molecule has 0 heterocycles. The van der Waals surface area contributed by atoms with E-state index in [9.17, 15) is 0 Å². The van der Waals surface area contributed by atoms with E-state index in [0.29, 0.717) is 0 Å². The van der Waals surface area contributed by atoms with Gasteiger partial charge in [0.2, 0.25) is 0 Å². The Hall–Kier alpha value is 0.648. The quantitative estimate of drug-likeness (QED) is 0.416. The van der Waals surface area contributed by atoms with Crippen molar-refractivity contribution in [2.75, 3.05) is 0 Å². The molecule has 0 saturated heterocycles. The Morgan fingerprint density at radius 1 is 1.09 bits per heavy atom. The average molecular weight is 422 g/mol. The second-order valence-electron chi connectivity index (χ2n) is 7.35. The predicted molar refractivity (Wildman–Crippen MR) is 92.7 cm³/mol. The van der Waals surface area contributed by atoms with Gasteiger partial charge in [0.1, 0.15) is 0 Å². The fourth-order valence-corrected chi connectivity index (χ4v) is 9.75. The van der Waals surface area contributed by atoms with E-state index in [1.54, 1.807) is 0 Å². The number of hydrogen-bond donors (Lipinski definition) is 0. The van der Waals surface area contributed by atoms with E-state index in [0.717, 1.165) is 12.8 Å². The first-order chi connectivity index (χ1) is 9.19. The number of hydrogen-bond acceptors (Lipinski definition) is 1. The molecule has 2 aliphatic rings. The van der Waals surface area contributed by atoms with Crippen LogP contribution in [0.25, 0.3) is 0 Å². The van der Waals surface area contributed by atoms with Crippen molar-refractivity contribution in [2.45, 2.75) is 57.7 Å². The van der Waals surface area contributed by atoms with Crippen molar-refractivity contribution in [3.8, 4) is 0 Å². The third-order valence-corrected chi connectivity index (χ3v) is 9.96. The number of halogens is 2. The zero-order chi connectivity index (χ0) is 15.0. The summed E-state index contributed by atoms with van der Waals surface area (Å²) in [6, 6.07) is 0. The molecule has 0 N–H and O–H groups in total. The van der Waals surface area contributed by atoms with Gasteiger partial charge in [-0.1, -0.05) is 31.3 Å². The summed E-state index contributed by atoms with van der Waals surface area (Å²) in [5.41, 5.74) is 1.40. The van der Waals surface area contributed by atoms with Crippen LogP contribution in [0.2, 0.25) is 32.7 Å². The molecule has 0 spiro atoms. The Labute approximate surface area is 171 Å². The Balaban J connectivity index is 0. The van der Waals surface area contributed by atoms with Crippen LogP contribution in [0, 0.1) is 6.08 Å². The van der Waals surface area contributed by atoms with Gasteiger partial charge in [0, 0.05) is 0 Å². The Morgan fingerprint density at radius 3 is 2.13 bits per heavy atom. The Kier molecular flexibility index (Phi) is 10.5. The first kappa shape index (κ1) is 25.9. The van der Waals surface area contributed by atoms with Gasteiger partial charge in [-0.05, 0) is 38.6 Å². The SMILES string of the molecule is CC1=CC=CCC1(O[Si](C)(C)C)[Si](C)(C)C1=[C-]CC=C1.[Cl-].[Cl-].[Ti+3]. The number of rotatable bonds is 4. The van der Waals surface area contributed by atoms with E-state index in [1.165, 1.54) is 10.8 Å². The second-order valence-corrected chi connectivity index (χ2v) is 16.4. The van der Waals surface area contributed by atoms with Gasteiger partial charge in [-0.25, -0.2) is 11.3 Å². The Morgan fingerprint density at radius 2 is 1.70 bits per heavy atom. The zero-order valence-corrected chi connectivity index (χ0v) is 20.0. The minimum absolute atomic E-state index is 0. The van der Waals surface area contributed by atoms with Crippen LogP contribution >= 0.6 is 0 Å². The summed E-state index contributed by atoms with van der Waals surface area (Å²) in [5.74, 6) is 0. The summed E-state index contributed by atoms with van der Waals surface area (Å²) in [5, 5.41) is 1.34. The summed E-state index contributed by atoms with van der Waals surface area (Å²) < 4.78 is 6.84. The molecule has 0 aliphatic heterocycles. The van der Waals surface area contributed by atoms with Gasteiger partial charge in [-0.3, -0.25) is 6.08 Å². The maximum absolute atomic E-state index is 6.84. The van der Waals surface area contributed by atoms with E-state index in [1.807, 2.05) is 0 Å². The Bertz CT molecular complexity index is 519. The average Bonchev–Trinajstić information content (AvgIpc) is 2.84. The smallest absolute Gasteiger partial charge is 1.00 e. The monoisotopic (exact) mass is 421 g/mol. The molecule has 0 amide bonds. The van der Waals surface area contributed by atoms with Crippen LogP contribution in [0.1, 0.15) is 19.8 Å². The molecule has 0 aromatic rings. The van der Waals surface area contributed by atoms with E-state index in [4.69, 9.17) is 4.43 Å². The molecule has 1 atom stereocenters. The predicted octanol–water partition coefficient (Wildman–Crippen LogP) is -1.04. The molecule has 1 nitrogen and oxygen atoms in total. The first-order valence-corrected chi connectivity index (χ1v) is 13.9. The maximum Gasteiger partial charge on any atom is 3.00 e. The molecule has 0 aromatic carbocycles. The van der Waals surface area contributed by atoms with Crippen LogP contribution in [0.4, 0.5) is 0 Å². The molecule has 2 rings (SSSR count). The summed E-state index contributed by atoms with van der Waals surface area (Å²) in [7, 11) is -3.41. The summed E-state index contributed by atoms with van der Waals surface area (Å²) in [6.45, 7) is 14.0. The molecule has 23 heavy (non-hydrogen) atoms. The molecule has 1 unspecified atom stereocenters. The molecule has 0 saturated carbocycles. The number of allylic oxidation sites excluding steroid dienone is 6. The summed E-state index contributed by atoms with van der Waals surface area (Å²) in [4.78, 5) is 0. The van der Waals surface area contributed by atoms with Crippen LogP contribution in [-0.4, -0.2) is 21.6 Å². The largest absolute Gasteiger partial charge is 3.00 e. The van der Waals surface area contributed by atoms with Gasteiger partial charge in [0.15, 0.2) is 8.32 Å². The summed E-state index contributed by atoms with van der Waals surface area (Å²) >= 11 is 0. The van der Waals surface area contributed by atoms with Gasteiger partial charge >= 0.3 is 21.7 Å². The van der Waals surface area contributed by atoms with Gasteiger partial charge in [-0.15, -0.1) is 6.42 Å². The topological polar surface area (TPSA) is 9.23 Å². The maximum atomic E-state index is 6.84. The third kappa shape index (κ3) is 5.31. The van der Waals surface area contributed by atoms with Crippen molar-refractivity contribution in [1.29, 1.82) is 0 Å². The molecule has 6 heteroatoms. The molecule has 0 fully saturated rings. The van der Waals surface area contributed by atoms with Gasteiger partial charge in [0.25, 0.3) is 0 Å². The van der Waals surface area contributed by atoms with Crippen molar-refractivity contribution in [1.82, 2.24) is 0 Å². The first-order valence-electron chi connectivity index (χ1n) is 7.51. The molecular formula is C17H27Cl2OSi2Ti. The molecule has 0 bridgehead atoms. The molecule has 127 valence electrons. The molecule has 2 aliphatic carbocycles. The van der Waals surface area contributed by atoms with Crippen LogP contribution < -0.4 is 24.8 Å².